The highest BCUT2D eigenvalue weighted by Gasteiger charge is 2.44. The molecular formula is C37H48N4O4S. The summed E-state index contributed by atoms with van der Waals surface area (Å²) >= 11 is 1.43. The molecule has 1 aliphatic carbocycles. The second kappa shape index (κ2) is 15.5. The van der Waals surface area contributed by atoms with Crippen LogP contribution in [0.4, 0.5) is 0 Å². The van der Waals surface area contributed by atoms with Crippen molar-refractivity contribution < 1.29 is 19.1 Å². The Morgan fingerprint density at radius 2 is 1.63 bits per heavy atom. The molecule has 0 radical (unpaired) electrons. The molecule has 0 spiro atoms. The van der Waals surface area contributed by atoms with Crippen molar-refractivity contribution >= 4 is 39.1 Å². The molecule has 0 unspecified atom stereocenters. The number of piperidine rings is 1. The molecule has 0 bridgehead atoms. The number of rotatable bonds is 12. The Kier molecular flexibility index (Phi) is 11.0. The van der Waals surface area contributed by atoms with Crippen LogP contribution < -0.4 is 16.0 Å². The lowest BCUT2D eigenvalue weighted by molar-refractivity contribution is -0.132. The standard InChI is InChI=1S/C37H48N4O4S/c42-34(38-26-29-13-20-41(21-14-29)19-12-27-15-22-45-23-16-27)31(24-28-8-2-1-3-9-28)39-36(44)37(17-6-7-18-37)40-35(43)33-25-30-10-4-5-11-32(30)46-33/h1-5,8-11,25,27,29,31H,6-7,12-24,26H2,(H,38,42)(H,39,44)(H,40,43)/t31-/m1/s1. The third-order valence-electron chi connectivity index (χ3n) is 10.3. The minimum Gasteiger partial charge on any atom is -0.381 e. The van der Waals surface area contributed by atoms with Gasteiger partial charge in [-0.15, -0.1) is 11.3 Å². The topological polar surface area (TPSA) is 99.8 Å². The lowest BCUT2D eigenvalue weighted by atomic mass is 9.93. The lowest BCUT2D eigenvalue weighted by Gasteiger charge is -2.34. The molecule has 46 heavy (non-hydrogen) atoms. The Hall–Kier alpha value is -3.27. The third-order valence-corrected chi connectivity index (χ3v) is 11.4. The van der Waals surface area contributed by atoms with Crippen molar-refractivity contribution in [2.45, 2.75) is 75.8 Å². The number of hydrogen-bond donors (Lipinski definition) is 3. The maximum Gasteiger partial charge on any atom is 0.262 e. The van der Waals surface area contributed by atoms with Gasteiger partial charge in [0.25, 0.3) is 5.91 Å². The van der Waals surface area contributed by atoms with Gasteiger partial charge in [0, 0.05) is 30.9 Å². The molecule has 3 aromatic rings. The molecule has 3 amide bonds. The van der Waals surface area contributed by atoms with Crippen molar-refractivity contribution in [1.29, 1.82) is 0 Å². The molecule has 246 valence electrons. The molecule has 1 saturated carbocycles. The zero-order chi connectivity index (χ0) is 31.8. The van der Waals surface area contributed by atoms with Gasteiger partial charge in [0.2, 0.25) is 11.8 Å². The van der Waals surface area contributed by atoms with E-state index < -0.39 is 11.6 Å². The van der Waals surface area contributed by atoms with E-state index >= 15 is 0 Å². The number of amides is 3. The van der Waals surface area contributed by atoms with Crippen LogP contribution in [0.2, 0.25) is 0 Å². The fraction of sp³-hybridized carbons (Fsp3) is 0.541. The Morgan fingerprint density at radius 1 is 0.913 bits per heavy atom. The van der Waals surface area contributed by atoms with Gasteiger partial charge < -0.3 is 25.6 Å². The van der Waals surface area contributed by atoms with Crippen LogP contribution in [0.3, 0.4) is 0 Å². The number of carbonyl (C=O) groups is 3. The molecule has 1 aromatic heterocycles. The molecule has 8 nitrogen and oxygen atoms in total. The maximum absolute atomic E-state index is 14.0. The van der Waals surface area contributed by atoms with Gasteiger partial charge in [0.15, 0.2) is 0 Å². The van der Waals surface area contributed by atoms with Crippen LogP contribution in [0.25, 0.3) is 10.1 Å². The van der Waals surface area contributed by atoms with Crippen LogP contribution in [0, 0.1) is 11.8 Å². The Morgan fingerprint density at radius 3 is 2.37 bits per heavy atom. The second-order valence-electron chi connectivity index (χ2n) is 13.5. The number of nitrogens with zero attached hydrogens (tertiary/aromatic N) is 1. The van der Waals surface area contributed by atoms with E-state index in [4.69, 9.17) is 4.74 Å². The zero-order valence-electron chi connectivity index (χ0n) is 26.8. The first-order valence-corrected chi connectivity index (χ1v) is 18.0. The monoisotopic (exact) mass is 644 g/mol. The average Bonchev–Trinajstić information content (AvgIpc) is 3.76. The fourth-order valence-corrected chi connectivity index (χ4v) is 8.26. The molecule has 2 saturated heterocycles. The number of ether oxygens (including phenoxy) is 1. The van der Waals surface area contributed by atoms with Crippen molar-refractivity contribution in [3.8, 4) is 0 Å². The second-order valence-corrected chi connectivity index (χ2v) is 14.6. The van der Waals surface area contributed by atoms with Crippen molar-refractivity contribution in [1.82, 2.24) is 20.9 Å². The van der Waals surface area contributed by atoms with E-state index in [-0.39, 0.29) is 17.7 Å². The molecule has 2 aliphatic heterocycles. The number of thiophene rings is 1. The van der Waals surface area contributed by atoms with E-state index in [0.29, 0.717) is 36.6 Å². The zero-order valence-corrected chi connectivity index (χ0v) is 27.6. The Balaban J connectivity index is 1.05. The number of fused-ring (bicyclic) bond motifs is 1. The van der Waals surface area contributed by atoms with Crippen LogP contribution in [0.1, 0.15) is 73.0 Å². The van der Waals surface area contributed by atoms with E-state index in [0.717, 1.165) is 80.1 Å². The first kappa shape index (κ1) is 32.7. The number of carbonyl (C=O) groups excluding carboxylic acids is 3. The summed E-state index contributed by atoms with van der Waals surface area (Å²) in [4.78, 5) is 44.3. The Bertz CT molecular complexity index is 1420. The number of benzene rings is 2. The molecule has 3 fully saturated rings. The van der Waals surface area contributed by atoms with E-state index in [1.165, 1.54) is 30.6 Å². The van der Waals surface area contributed by atoms with Gasteiger partial charge in [0.1, 0.15) is 11.6 Å². The van der Waals surface area contributed by atoms with Crippen molar-refractivity contribution in [2.75, 3.05) is 39.4 Å². The molecule has 3 aliphatic rings. The summed E-state index contributed by atoms with van der Waals surface area (Å²) in [6.07, 6.45) is 8.96. The Labute approximate surface area is 276 Å². The largest absolute Gasteiger partial charge is 0.381 e. The molecule has 2 aromatic carbocycles. The molecule has 9 heteroatoms. The SMILES string of the molecule is O=C(NC1(C(=O)N[C@H](Cc2ccccc2)C(=O)NCC2CCN(CCC3CCOCC3)CC2)CCCC1)c1cc2ccccc2s1. The molecular weight excluding hydrogens is 596 g/mol. The summed E-state index contributed by atoms with van der Waals surface area (Å²) in [7, 11) is 0. The lowest BCUT2D eigenvalue weighted by Crippen LogP contribution is -2.61. The van der Waals surface area contributed by atoms with Gasteiger partial charge in [-0.25, -0.2) is 0 Å². The van der Waals surface area contributed by atoms with Crippen LogP contribution in [0.15, 0.2) is 60.7 Å². The highest BCUT2D eigenvalue weighted by atomic mass is 32.1. The smallest absolute Gasteiger partial charge is 0.262 e. The maximum atomic E-state index is 14.0. The van der Waals surface area contributed by atoms with Gasteiger partial charge in [-0.05, 0) is 99.5 Å². The van der Waals surface area contributed by atoms with Crippen molar-refractivity contribution in [2.24, 2.45) is 11.8 Å². The quantitative estimate of drug-likeness (QED) is 0.248. The van der Waals surface area contributed by atoms with E-state index in [9.17, 15) is 14.4 Å². The first-order valence-electron chi connectivity index (χ1n) is 17.2. The highest BCUT2D eigenvalue weighted by Crippen LogP contribution is 2.32. The number of hydrogen-bond acceptors (Lipinski definition) is 6. The van der Waals surface area contributed by atoms with Crippen LogP contribution >= 0.6 is 11.3 Å². The average molecular weight is 645 g/mol. The predicted octanol–water partition coefficient (Wildman–Crippen LogP) is 5.32. The minimum atomic E-state index is -1.03. The minimum absolute atomic E-state index is 0.164. The highest BCUT2D eigenvalue weighted by molar-refractivity contribution is 7.20. The summed E-state index contributed by atoms with van der Waals surface area (Å²) in [6, 6.07) is 18.9. The van der Waals surface area contributed by atoms with E-state index in [1.54, 1.807) is 0 Å². The normalized spacial score (nSPS) is 19.9. The number of nitrogens with one attached hydrogen (secondary N) is 3. The molecule has 1 atom stereocenters. The van der Waals surface area contributed by atoms with Gasteiger partial charge in [-0.2, -0.15) is 0 Å². The summed E-state index contributed by atoms with van der Waals surface area (Å²) in [5, 5.41) is 10.4. The van der Waals surface area contributed by atoms with Crippen molar-refractivity contribution in [3.63, 3.8) is 0 Å². The van der Waals surface area contributed by atoms with Gasteiger partial charge >= 0.3 is 0 Å². The van der Waals surface area contributed by atoms with E-state index in [2.05, 4.69) is 20.9 Å². The van der Waals surface area contributed by atoms with Crippen LogP contribution in [-0.2, 0) is 20.7 Å². The predicted molar refractivity (Wildman–Crippen MR) is 183 cm³/mol. The number of likely N-dealkylation sites (tertiary alicyclic amines) is 1. The summed E-state index contributed by atoms with van der Waals surface area (Å²) in [5.74, 6) is 0.547. The first-order chi connectivity index (χ1) is 22.5. The molecule has 6 rings (SSSR count). The summed E-state index contributed by atoms with van der Waals surface area (Å²) in [5.41, 5.74) is -0.0458. The molecule has 3 N–H and O–H groups in total. The van der Waals surface area contributed by atoms with Crippen LogP contribution in [-0.4, -0.2) is 73.6 Å². The fourth-order valence-electron chi connectivity index (χ4n) is 7.30. The molecule has 3 heterocycles. The summed E-state index contributed by atoms with van der Waals surface area (Å²) < 4.78 is 6.55. The van der Waals surface area contributed by atoms with Gasteiger partial charge in [-0.3, -0.25) is 14.4 Å². The third kappa shape index (κ3) is 8.35. The van der Waals surface area contributed by atoms with Crippen LogP contribution in [0.5, 0.6) is 0 Å². The summed E-state index contributed by atoms with van der Waals surface area (Å²) in [6.45, 7) is 5.70. The van der Waals surface area contributed by atoms with E-state index in [1.807, 2.05) is 60.7 Å². The van der Waals surface area contributed by atoms with Gasteiger partial charge in [0.05, 0.1) is 4.88 Å². The van der Waals surface area contributed by atoms with Crippen molar-refractivity contribution in [3.05, 3.63) is 71.1 Å². The van der Waals surface area contributed by atoms with Gasteiger partial charge in [-0.1, -0.05) is 61.4 Å².